The van der Waals surface area contributed by atoms with Crippen LogP contribution in [0.5, 0.6) is 0 Å². The Labute approximate surface area is 108 Å². The van der Waals surface area contributed by atoms with Crippen molar-refractivity contribution in [2.24, 2.45) is 0 Å². The number of rotatable bonds is 3. The first-order chi connectivity index (χ1) is 8.44. The number of methoxy groups -OCH3 is 1. The van der Waals surface area contributed by atoms with Crippen molar-refractivity contribution >= 4 is 11.7 Å². The van der Waals surface area contributed by atoms with Crippen LogP contribution in [0.3, 0.4) is 0 Å². The molecule has 0 aromatic heterocycles. The molecule has 0 aromatic carbocycles. The molecule has 3 atom stereocenters. The van der Waals surface area contributed by atoms with Crippen LogP contribution in [0, 0.1) is 0 Å². The second-order valence-electron chi connectivity index (χ2n) is 5.45. The molecule has 2 rings (SSSR count). The molecule has 18 heavy (non-hydrogen) atoms. The van der Waals surface area contributed by atoms with E-state index >= 15 is 0 Å². The Morgan fingerprint density at radius 3 is 2.67 bits per heavy atom. The van der Waals surface area contributed by atoms with Crippen molar-refractivity contribution in [3.8, 4) is 0 Å². The molecule has 0 aliphatic carbocycles. The Morgan fingerprint density at radius 2 is 2.22 bits per heavy atom. The predicted molar refractivity (Wildman–Crippen MR) is 67.0 cm³/mol. The second kappa shape index (κ2) is 4.63. The first kappa shape index (κ1) is 13.5. The maximum Gasteiger partial charge on any atom is 0.245 e. The molecule has 2 aliphatic rings. The van der Waals surface area contributed by atoms with Gasteiger partial charge in [-0.3, -0.25) is 14.5 Å². The van der Waals surface area contributed by atoms with Gasteiger partial charge in [0.05, 0.1) is 6.04 Å². The monoisotopic (exact) mass is 254 g/mol. The summed E-state index contributed by atoms with van der Waals surface area (Å²) >= 11 is 0. The van der Waals surface area contributed by atoms with Crippen LogP contribution in [-0.4, -0.2) is 60.0 Å². The number of ether oxygens (including phenoxy) is 1. The molecule has 5 nitrogen and oxygen atoms in total. The van der Waals surface area contributed by atoms with E-state index in [0.29, 0.717) is 6.42 Å². The van der Waals surface area contributed by atoms with Crippen molar-refractivity contribution in [3.05, 3.63) is 0 Å². The van der Waals surface area contributed by atoms with Gasteiger partial charge >= 0.3 is 0 Å². The number of nitrogens with zero attached hydrogens (tertiary/aromatic N) is 2. The van der Waals surface area contributed by atoms with E-state index in [1.54, 1.807) is 18.9 Å². The van der Waals surface area contributed by atoms with Gasteiger partial charge in [-0.1, -0.05) is 0 Å². The van der Waals surface area contributed by atoms with Crippen molar-refractivity contribution in [2.45, 2.75) is 50.9 Å². The summed E-state index contributed by atoms with van der Waals surface area (Å²) in [6, 6.07) is -0.407. The minimum absolute atomic E-state index is 0.00287. The minimum Gasteiger partial charge on any atom is -0.361 e. The number of amides is 1. The molecule has 102 valence electrons. The summed E-state index contributed by atoms with van der Waals surface area (Å²) in [4.78, 5) is 28.0. The van der Waals surface area contributed by atoms with E-state index < -0.39 is 11.6 Å². The van der Waals surface area contributed by atoms with E-state index in [2.05, 4.69) is 4.90 Å². The fourth-order valence-electron chi connectivity index (χ4n) is 3.21. The van der Waals surface area contributed by atoms with Crippen molar-refractivity contribution in [3.63, 3.8) is 0 Å². The van der Waals surface area contributed by atoms with E-state index in [-0.39, 0.29) is 17.9 Å². The van der Waals surface area contributed by atoms with Crippen molar-refractivity contribution in [2.75, 3.05) is 20.7 Å². The second-order valence-corrected chi connectivity index (χ2v) is 5.45. The Balaban J connectivity index is 2.31. The normalized spacial score (nSPS) is 34.6. The first-order valence-corrected chi connectivity index (χ1v) is 6.51. The van der Waals surface area contributed by atoms with Gasteiger partial charge in [0.1, 0.15) is 11.8 Å². The van der Waals surface area contributed by atoms with Gasteiger partial charge in [0, 0.05) is 13.5 Å². The van der Waals surface area contributed by atoms with Crippen LogP contribution in [0.4, 0.5) is 0 Å². The smallest absolute Gasteiger partial charge is 0.245 e. The third-order valence-corrected chi connectivity index (χ3v) is 4.55. The number of hydrogen-bond donors (Lipinski definition) is 0. The van der Waals surface area contributed by atoms with Crippen LogP contribution in [0.15, 0.2) is 0 Å². The van der Waals surface area contributed by atoms with E-state index in [9.17, 15) is 9.59 Å². The molecule has 2 fully saturated rings. The molecular formula is C13H22N2O3. The Hall–Kier alpha value is -0.940. The summed E-state index contributed by atoms with van der Waals surface area (Å²) in [5.41, 5.74) is -0.440. The van der Waals surface area contributed by atoms with Gasteiger partial charge in [0.15, 0.2) is 5.78 Å². The summed E-state index contributed by atoms with van der Waals surface area (Å²) in [6.07, 6.45) is 2.28. The molecule has 2 heterocycles. The highest BCUT2D eigenvalue weighted by atomic mass is 16.5. The third kappa shape index (κ3) is 1.77. The molecule has 0 saturated carbocycles. The summed E-state index contributed by atoms with van der Waals surface area (Å²) in [5.74, 6) is 0.0557. The average molecular weight is 254 g/mol. The maximum absolute atomic E-state index is 12.7. The van der Waals surface area contributed by atoms with Crippen LogP contribution in [0.25, 0.3) is 0 Å². The fourth-order valence-corrected chi connectivity index (χ4v) is 3.21. The SMILES string of the molecule is COC1CC2(CCCN2C)C(=O)N1C(C)C(C)=O. The molecule has 1 spiro atoms. The number of hydrogen-bond acceptors (Lipinski definition) is 4. The molecule has 2 saturated heterocycles. The molecule has 0 aromatic rings. The van der Waals surface area contributed by atoms with Crippen LogP contribution in [0.2, 0.25) is 0 Å². The van der Waals surface area contributed by atoms with Gasteiger partial charge in [-0.2, -0.15) is 0 Å². The number of likely N-dealkylation sites (N-methyl/N-ethyl adjacent to an activating group) is 1. The van der Waals surface area contributed by atoms with Gasteiger partial charge in [-0.25, -0.2) is 0 Å². The Bertz CT molecular complexity index is 371. The van der Waals surface area contributed by atoms with Gasteiger partial charge in [-0.15, -0.1) is 0 Å². The van der Waals surface area contributed by atoms with E-state index in [0.717, 1.165) is 19.4 Å². The lowest BCUT2D eigenvalue weighted by Gasteiger charge is -2.31. The lowest BCUT2D eigenvalue weighted by atomic mass is 9.94. The fraction of sp³-hybridized carbons (Fsp3) is 0.846. The van der Waals surface area contributed by atoms with E-state index in [4.69, 9.17) is 4.74 Å². The number of ketones is 1. The highest BCUT2D eigenvalue weighted by Gasteiger charge is 2.57. The zero-order valence-corrected chi connectivity index (χ0v) is 11.6. The topological polar surface area (TPSA) is 49.9 Å². The molecular weight excluding hydrogens is 232 g/mol. The van der Waals surface area contributed by atoms with Crippen LogP contribution >= 0.6 is 0 Å². The van der Waals surface area contributed by atoms with E-state index in [1.165, 1.54) is 6.92 Å². The molecule has 2 aliphatic heterocycles. The minimum atomic E-state index is -0.440. The van der Waals surface area contributed by atoms with Gasteiger partial charge in [-0.05, 0) is 40.3 Å². The molecule has 3 unspecified atom stereocenters. The van der Waals surface area contributed by atoms with Crippen LogP contribution in [0.1, 0.15) is 33.1 Å². The van der Waals surface area contributed by atoms with Gasteiger partial charge in [0.2, 0.25) is 5.91 Å². The standard InChI is InChI=1S/C13H22N2O3/c1-9(10(2)16)15-11(18-4)8-13(12(15)17)6-5-7-14(13)3/h9,11H,5-8H2,1-4H3. The lowest BCUT2D eigenvalue weighted by Crippen LogP contribution is -2.51. The predicted octanol–water partition coefficient (Wildman–Crippen LogP) is 0.633. The van der Waals surface area contributed by atoms with Crippen LogP contribution in [-0.2, 0) is 14.3 Å². The zero-order valence-electron chi connectivity index (χ0n) is 11.6. The van der Waals surface area contributed by atoms with Crippen molar-refractivity contribution < 1.29 is 14.3 Å². The molecule has 5 heteroatoms. The first-order valence-electron chi connectivity index (χ1n) is 6.51. The lowest BCUT2D eigenvalue weighted by molar-refractivity contribution is -0.147. The molecule has 0 radical (unpaired) electrons. The van der Waals surface area contributed by atoms with Crippen molar-refractivity contribution in [1.29, 1.82) is 0 Å². The zero-order chi connectivity index (χ0) is 13.5. The number of Topliss-reactive ketones (excluding diaryl/α,β-unsaturated/α-hetero) is 1. The number of carbonyl (C=O) groups is 2. The van der Waals surface area contributed by atoms with Crippen molar-refractivity contribution in [1.82, 2.24) is 9.80 Å². The molecule has 0 N–H and O–H groups in total. The third-order valence-electron chi connectivity index (χ3n) is 4.55. The summed E-state index contributed by atoms with van der Waals surface area (Å²) in [6.45, 7) is 4.23. The highest BCUT2D eigenvalue weighted by molar-refractivity contribution is 5.94. The van der Waals surface area contributed by atoms with E-state index in [1.807, 2.05) is 7.05 Å². The number of carbonyl (C=O) groups excluding carboxylic acids is 2. The largest absolute Gasteiger partial charge is 0.361 e. The Morgan fingerprint density at radius 1 is 1.56 bits per heavy atom. The quantitative estimate of drug-likeness (QED) is 0.741. The van der Waals surface area contributed by atoms with Crippen LogP contribution < -0.4 is 0 Å². The average Bonchev–Trinajstić information content (AvgIpc) is 2.83. The Kier molecular flexibility index (Phi) is 3.47. The van der Waals surface area contributed by atoms with Gasteiger partial charge < -0.3 is 9.64 Å². The molecule has 0 bridgehead atoms. The van der Waals surface area contributed by atoms with Gasteiger partial charge in [0.25, 0.3) is 0 Å². The maximum atomic E-state index is 12.7. The summed E-state index contributed by atoms with van der Waals surface area (Å²) < 4.78 is 5.43. The number of likely N-dealkylation sites (tertiary alicyclic amines) is 2. The highest BCUT2D eigenvalue weighted by Crippen LogP contribution is 2.41. The summed E-state index contributed by atoms with van der Waals surface area (Å²) in [5, 5.41) is 0. The molecule has 1 amide bonds. The summed E-state index contributed by atoms with van der Waals surface area (Å²) in [7, 11) is 3.59.